The number of hydrogen-bond acceptors (Lipinski definition) is 2. The van der Waals surface area contributed by atoms with E-state index in [0.717, 1.165) is 32.3 Å². The van der Waals surface area contributed by atoms with Gasteiger partial charge in [-0.1, -0.05) is 0 Å². The van der Waals surface area contributed by atoms with Crippen LogP contribution in [0.4, 0.5) is 0 Å². The molecule has 1 N–H and O–H groups in total. The van der Waals surface area contributed by atoms with Gasteiger partial charge in [0.1, 0.15) is 0 Å². The fourth-order valence-corrected chi connectivity index (χ4v) is 1.34. The van der Waals surface area contributed by atoms with Gasteiger partial charge >= 0.3 is 0 Å². The average Bonchev–Trinajstić information content (AvgIpc) is 2.05. The van der Waals surface area contributed by atoms with Crippen LogP contribution in [0.25, 0.3) is 0 Å². The maximum atomic E-state index is 10.3. The first-order chi connectivity index (χ1) is 4.86. The Labute approximate surface area is 60.6 Å². The summed E-state index contributed by atoms with van der Waals surface area (Å²) in [6.45, 7) is 1.81. The topological polar surface area (TPSA) is 40.5 Å². The normalized spacial score (nSPS) is 26.5. The molecule has 1 fully saturated rings. The van der Waals surface area contributed by atoms with Crippen molar-refractivity contribution in [2.24, 2.45) is 5.92 Å². The van der Waals surface area contributed by atoms with Gasteiger partial charge in [-0.05, 0) is 18.8 Å². The highest BCUT2D eigenvalue weighted by Crippen LogP contribution is 2.13. The molecule has 1 aliphatic rings. The summed E-state index contributed by atoms with van der Waals surface area (Å²) in [5.74, 6) is 0.318. The molecule has 0 saturated carbocycles. The molecule has 0 radical (unpaired) electrons. The number of nitrogens with zero attached hydrogens (tertiary/aromatic N) is 1. The maximum absolute atomic E-state index is 10.3. The lowest BCUT2D eigenvalue weighted by molar-refractivity contribution is -0.120. The van der Waals surface area contributed by atoms with E-state index in [0.29, 0.717) is 5.92 Å². The molecule has 1 amide bonds. The Bertz CT molecular complexity index is 116. The summed E-state index contributed by atoms with van der Waals surface area (Å²) in [4.78, 5) is 12.0. The summed E-state index contributed by atoms with van der Waals surface area (Å²) in [6, 6.07) is 0. The summed E-state index contributed by atoms with van der Waals surface area (Å²) in [5, 5.41) is 8.76. The fraction of sp³-hybridized carbons (Fsp3) is 0.857. The number of piperidine rings is 1. The fourth-order valence-electron chi connectivity index (χ4n) is 1.34. The van der Waals surface area contributed by atoms with Crippen molar-refractivity contribution in [1.29, 1.82) is 0 Å². The zero-order valence-corrected chi connectivity index (χ0v) is 5.99. The van der Waals surface area contributed by atoms with Crippen molar-refractivity contribution in [3.05, 3.63) is 0 Å². The molecule has 0 spiro atoms. The quantitative estimate of drug-likeness (QED) is 0.546. The number of aliphatic hydroxyl groups is 1. The number of amides is 1. The number of rotatable bonds is 2. The summed E-state index contributed by atoms with van der Waals surface area (Å²) < 4.78 is 0. The highest BCUT2D eigenvalue weighted by Gasteiger charge is 2.16. The van der Waals surface area contributed by atoms with E-state index in [4.69, 9.17) is 5.11 Å². The van der Waals surface area contributed by atoms with Crippen molar-refractivity contribution in [1.82, 2.24) is 4.90 Å². The van der Waals surface area contributed by atoms with Crippen molar-refractivity contribution in [3.63, 3.8) is 0 Å². The number of carbonyl (C=O) groups is 1. The Morgan fingerprint density at radius 2 is 2.50 bits per heavy atom. The number of aliphatic hydroxyl groups excluding tert-OH is 1. The molecule has 1 rings (SSSR count). The van der Waals surface area contributed by atoms with Gasteiger partial charge in [0.25, 0.3) is 0 Å². The first-order valence-electron chi connectivity index (χ1n) is 3.67. The smallest absolute Gasteiger partial charge is 0.209 e. The SMILES string of the molecule is O=CN1CCCC(CO)C1. The van der Waals surface area contributed by atoms with Crippen LogP contribution in [-0.4, -0.2) is 36.1 Å². The first-order valence-corrected chi connectivity index (χ1v) is 3.67. The van der Waals surface area contributed by atoms with Gasteiger partial charge in [-0.2, -0.15) is 0 Å². The molecule has 1 aliphatic heterocycles. The standard InChI is InChI=1S/C7H13NO2/c9-5-7-2-1-3-8(4-7)6-10/h6-7,9H,1-5H2. The van der Waals surface area contributed by atoms with E-state index in [1.54, 1.807) is 4.90 Å². The van der Waals surface area contributed by atoms with Gasteiger partial charge in [-0.3, -0.25) is 4.79 Å². The van der Waals surface area contributed by atoms with Crippen LogP contribution in [0.5, 0.6) is 0 Å². The molecule has 0 aromatic heterocycles. The van der Waals surface area contributed by atoms with Crippen molar-refractivity contribution in [2.75, 3.05) is 19.7 Å². The van der Waals surface area contributed by atoms with Gasteiger partial charge < -0.3 is 10.0 Å². The van der Waals surface area contributed by atoms with Gasteiger partial charge in [-0.15, -0.1) is 0 Å². The Morgan fingerprint density at radius 1 is 1.70 bits per heavy atom. The lowest BCUT2D eigenvalue weighted by Gasteiger charge is -2.28. The Hall–Kier alpha value is -0.570. The molecule has 1 saturated heterocycles. The van der Waals surface area contributed by atoms with Crippen LogP contribution in [0.1, 0.15) is 12.8 Å². The highest BCUT2D eigenvalue weighted by molar-refractivity contribution is 5.47. The minimum atomic E-state index is 0.213. The molecule has 0 bridgehead atoms. The molecule has 0 aliphatic carbocycles. The molecular weight excluding hydrogens is 130 g/mol. The second-order valence-electron chi connectivity index (χ2n) is 2.79. The Morgan fingerprint density at radius 3 is 3.10 bits per heavy atom. The zero-order chi connectivity index (χ0) is 7.40. The zero-order valence-electron chi connectivity index (χ0n) is 5.99. The minimum Gasteiger partial charge on any atom is -0.396 e. The molecular formula is C7H13NO2. The average molecular weight is 143 g/mol. The first kappa shape index (κ1) is 7.54. The Kier molecular flexibility index (Phi) is 2.68. The van der Waals surface area contributed by atoms with Crippen molar-refractivity contribution < 1.29 is 9.90 Å². The lowest BCUT2D eigenvalue weighted by atomic mass is 10.00. The number of hydrogen-bond donors (Lipinski definition) is 1. The summed E-state index contributed by atoms with van der Waals surface area (Å²) in [5.41, 5.74) is 0. The van der Waals surface area contributed by atoms with E-state index in [1.807, 2.05) is 0 Å². The van der Waals surface area contributed by atoms with Crippen LogP contribution >= 0.6 is 0 Å². The highest BCUT2D eigenvalue weighted by atomic mass is 16.3. The van der Waals surface area contributed by atoms with E-state index >= 15 is 0 Å². The van der Waals surface area contributed by atoms with Gasteiger partial charge in [-0.25, -0.2) is 0 Å². The van der Waals surface area contributed by atoms with Crippen LogP contribution in [0.3, 0.4) is 0 Å². The molecule has 58 valence electrons. The second kappa shape index (κ2) is 3.56. The van der Waals surface area contributed by atoms with E-state index in [9.17, 15) is 4.79 Å². The third-order valence-electron chi connectivity index (χ3n) is 1.96. The van der Waals surface area contributed by atoms with Crippen LogP contribution in [-0.2, 0) is 4.79 Å². The van der Waals surface area contributed by atoms with Crippen LogP contribution in [0.2, 0.25) is 0 Å². The largest absolute Gasteiger partial charge is 0.396 e. The molecule has 1 atom stereocenters. The van der Waals surface area contributed by atoms with Crippen LogP contribution < -0.4 is 0 Å². The van der Waals surface area contributed by atoms with Gasteiger partial charge in [0.15, 0.2) is 0 Å². The van der Waals surface area contributed by atoms with Crippen LogP contribution in [0, 0.1) is 5.92 Å². The molecule has 3 nitrogen and oxygen atoms in total. The lowest BCUT2D eigenvalue weighted by Crippen LogP contribution is -2.35. The van der Waals surface area contributed by atoms with E-state index in [-0.39, 0.29) is 6.61 Å². The summed E-state index contributed by atoms with van der Waals surface area (Å²) >= 11 is 0. The van der Waals surface area contributed by atoms with Gasteiger partial charge in [0, 0.05) is 19.7 Å². The van der Waals surface area contributed by atoms with Crippen molar-refractivity contribution in [2.45, 2.75) is 12.8 Å². The molecule has 1 heterocycles. The third-order valence-corrected chi connectivity index (χ3v) is 1.96. The number of carbonyl (C=O) groups excluding carboxylic acids is 1. The predicted octanol–water partition coefficient (Wildman–Crippen LogP) is -0.153. The van der Waals surface area contributed by atoms with E-state index < -0.39 is 0 Å². The number of likely N-dealkylation sites (tertiary alicyclic amines) is 1. The summed E-state index contributed by atoms with van der Waals surface area (Å²) in [7, 11) is 0. The molecule has 0 aromatic rings. The van der Waals surface area contributed by atoms with Crippen LogP contribution in [0.15, 0.2) is 0 Å². The van der Waals surface area contributed by atoms with Gasteiger partial charge in [0.2, 0.25) is 6.41 Å². The molecule has 10 heavy (non-hydrogen) atoms. The third kappa shape index (κ3) is 1.70. The summed E-state index contributed by atoms with van der Waals surface area (Å²) in [6.07, 6.45) is 2.95. The van der Waals surface area contributed by atoms with Crippen molar-refractivity contribution >= 4 is 6.41 Å². The van der Waals surface area contributed by atoms with Crippen molar-refractivity contribution in [3.8, 4) is 0 Å². The molecule has 0 aromatic carbocycles. The van der Waals surface area contributed by atoms with E-state index in [1.165, 1.54) is 0 Å². The molecule has 1 unspecified atom stereocenters. The van der Waals surface area contributed by atoms with E-state index in [2.05, 4.69) is 0 Å². The predicted molar refractivity (Wildman–Crippen MR) is 37.4 cm³/mol. The molecule has 3 heteroatoms. The van der Waals surface area contributed by atoms with Gasteiger partial charge in [0.05, 0.1) is 0 Å². The second-order valence-corrected chi connectivity index (χ2v) is 2.79. The monoisotopic (exact) mass is 143 g/mol. The maximum Gasteiger partial charge on any atom is 0.209 e. The minimum absolute atomic E-state index is 0.213. The Balaban J connectivity index is 2.31.